The fourth-order valence-corrected chi connectivity index (χ4v) is 22.0. The Kier molecular flexibility index (Phi) is 29.9. The van der Waals surface area contributed by atoms with E-state index in [0.29, 0.717) is 44.9 Å². The van der Waals surface area contributed by atoms with Gasteiger partial charge in [-0.1, -0.05) is 173 Å². The van der Waals surface area contributed by atoms with E-state index in [1.54, 1.807) is 0 Å². The Labute approximate surface area is 805 Å². The van der Waals surface area contributed by atoms with Crippen molar-refractivity contribution in [1.82, 2.24) is 29.1 Å². The number of fused-ring (bicyclic) bond motifs is 17. The Hall–Kier alpha value is -10.1. The summed E-state index contributed by atoms with van der Waals surface area (Å²) in [6.45, 7) is 27.1. The van der Waals surface area contributed by atoms with Crippen LogP contribution in [0.25, 0.3) is 151 Å². The number of aromatic nitrogens is 6. The first-order chi connectivity index (χ1) is 67.1. The molecule has 21 rings (SSSR count). The molecule has 4 fully saturated rings. The average molecular weight is 1860 g/mol. The first kappa shape index (κ1) is 93.6. The summed E-state index contributed by atoms with van der Waals surface area (Å²) in [6, 6.07) is 78.6. The van der Waals surface area contributed by atoms with Crippen molar-refractivity contribution in [2.45, 2.75) is 157 Å². The number of ether oxygens (including phenoxy) is 12. The van der Waals surface area contributed by atoms with Gasteiger partial charge in [-0.15, -0.1) is 22.7 Å². The molecule has 10 heterocycles. The molecule has 0 saturated carbocycles. The molecule has 4 aliphatic heterocycles. The van der Waals surface area contributed by atoms with E-state index >= 15 is 0 Å². The van der Waals surface area contributed by atoms with Crippen LogP contribution in [0.3, 0.4) is 0 Å². The number of nitrogens with zero attached hydrogens (tertiary/aromatic N) is 6. The SMILES string of the molecule is CCC1(COCCCCCOCc2ccc3sc4cc5c(cc4c3c2)c2cc(COCCCCCOCC3(CC)COC3)c3ccccc3c2n5-c2nc(-c3ccccc3)c3ccccc3n2)COC1.CCC1(COCCCCCOCc2ccc3sc4ccc5c6cc(COCCCCCOCC7(CC)COC7)ccc6n(-c6nc(-c7ccccc7)c7ccccc7n6)c5c4c3c2)COC1. The monoisotopic (exact) mass is 1860 g/mol. The van der Waals surface area contributed by atoms with E-state index in [1.165, 1.54) is 73.2 Å². The second-order valence-corrected chi connectivity index (χ2v) is 40.8. The van der Waals surface area contributed by atoms with Crippen LogP contribution in [-0.4, -0.2) is 161 Å². The normalized spacial score (nSPS) is 15.5. The molecule has 0 N–H and O–H groups in total. The molecule has 0 bridgehead atoms. The topological polar surface area (TPSA) is 172 Å². The van der Waals surface area contributed by atoms with Gasteiger partial charge in [0.15, 0.2) is 0 Å². The van der Waals surface area contributed by atoms with Crippen molar-refractivity contribution in [3.8, 4) is 34.4 Å². The van der Waals surface area contributed by atoms with Gasteiger partial charge in [-0.3, -0.25) is 9.13 Å². The van der Waals surface area contributed by atoms with Crippen LogP contribution in [0.1, 0.15) is 153 Å². The summed E-state index contributed by atoms with van der Waals surface area (Å²) >= 11 is 3.67. The van der Waals surface area contributed by atoms with Gasteiger partial charge in [-0.25, -0.2) is 19.9 Å². The standard InChI is InChI=1S/C60H65N3O6S.C56H63N3O6S/c1-3-59(38-68-39-59)36-66-28-16-6-14-26-64-34-42-24-25-54-49(30-42)50-32-48-51-31-44(35-65-27-15-7-17-29-67-37-60(4-2)40-69-41-60)45-20-10-11-21-46(45)57(51)63(53(48)33-55(50)70-54)58-61-52-23-13-12-22-47(52)56(62-58)43-18-8-5-9-19-43;1-3-55(36-64-37-55)34-62-28-14-6-12-26-60-32-40-20-23-48-45(30-40)43-22-25-50-51(53(43)59(48)54-57-47-19-11-10-18-44(47)52(58-54)42-16-8-5-9-17-42)46-31-41(21-24-49(46)66-50)33-61-27-13-7-15-29-63-35-56(4-2)38-65-39-56/h5,8-13,18-25,30-33H,3-4,6-7,14-17,26-29,34-41H2,1-2H3;5,8-11,16-25,30-31H,3-4,6-7,12-15,26-29,32-39H2,1-2H3. The van der Waals surface area contributed by atoms with E-state index in [2.05, 4.69) is 255 Å². The summed E-state index contributed by atoms with van der Waals surface area (Å²) in [7, 11) is 0. The van der Waals surface area contributed by atoms with Crippen LogP contribution in [0.15, 0.2) is 218 Å². The van der Waals surface area contributed by atoms with Crippen LogP contribution in [0.2, 0.25) is 0 Å². The highest BCUT2D eigenvalue weighted by Gasteiger charge is 2.40. The van der Waals surface area contributed by atoms with E-state index in [4.69, 9.17) is 76.8 Å². The van der Waals surface area contributed by atoms with Crippen molar-refractivity contribution in [1.29, 1.82) is 0 Å². The molecule has 0 radical (unpaired) electrons. The summed E-state index contributed by atoms with van der Waals surface area (Å²) in [5.41, 5.74) is 15.8. The number of rotatable bonds is 48. The summed E-state index contributed by atoms with van der Waals surface area (Å²) in [5, 5.41) is 14.0. The maximum atomic E-state index is 6.51. The molecule has 4 saturated heterocycles. The van der Waals surface area contributed by atoms with Gasteiger partial charge < -0.3 is 56.8 Å². The minimum absolute atomic E-state index is 0.232. The molecule has 11 aromatic carbocycles. The molecule has 20 heteroatoms. The summed E-state index contributed by atoms with van der Waals surface area (Å²) in [4.78, 5) is 21.6. The fourth-order valence-electron chi connectivity index (χ4n) is 19.9. The Morgan fingerprint density at radius 1 is 0.279 bits per heavy atom. The number of hydrogen-bond donors (Lipinski definition) is 0. The van der Waals surface area contributed by atoms with E-state index in [-0.39, 0.29) is 21.7 Å². The maximum Gasteiger partial charge on any atom is 0.235 e. The molecular weight excluding hydrogens is 1730 g/mol. The third-order valence-electron chi connectivity index (χ3n) is 28.9. The van der Waals surface area contributed by atoms with Gasteiger partial charge >= 0.3 is 0 Å². The predicted molar refractivity (Wildman–Crippen MR) is 553 cm³/mol. The number of thiophene rings is 2. The first-order valence-corrected chi connectivity index (χ1v) is 51.6. The van der Waals surface area contributed by atoms with Crippen molar-refractivity contribution >= 4 is 139 Å². The summed E-state index contributed by atoms with van der Waals surface area (Å²) in [5.74, 6) is 1.31. The molecule has 0 amide bonds. The zero-order valence-electron chi connectivity index (χ0n) is 79.5. The van der Waals surface area contributed by atoms with Crippen LogP contribution < -0.4 is 0 Å². The molecule has 0 aliphatic carbocycles. The number of hydrogen-bond acceptors (Lipinski definition) is 18. The molecule has 136 heavy (non-hydrogen) atoms. The molecule has 706 valence electrons. The van der Waals surface area contributed by atoms with Gasteiger partial charge in [0.25, 0.3) is 0 Å². The zero-order valence-corrected chi connectivity index (χ0v) is 81.1. The molecule has 0 atom stereocenters. The van der Waals surface area contributed by atoms with Crippen LogP contribution in [0, 0.1) is 21.7 Å². The predicted octanol–water partition coefficient (Wildman–Crippen LogP) is 27.2. The highest BCUT2D eigenvalue weighted by atomic mass is 32.1. The summed E-state index contributed by atoms with van der Waals surface area (Å²) < 4.78 is 80.9. The van der Waals surface area contributed by atoms with Crippen molar-refractivity contribution in [2.24, 2.45) is 21.7 Å². The van der Waals surface area contributed by atoms with Gasteiger partial charge in [0, 0.05) is 164 Å². The van der Waals surface area contributed by atoms with Crippen LogP contribution >= 0.6 is 22.7 Å². The van der Waals surface area contributed by atoms with Crippen molar-refractivity contribution in [3.05, 3.63) is 241 Å². The Morgan fingerprint density at radius 3 is 1.11 bits per heavy atom. The molecule has 0 spiro atoms. The number of para-hydroxylation sites is 2. The van der Waals surface area contributed by atoms with Gasteiger partial charge in [0.1, 0.15) is 0 Å². The quantitative estimate of drug-likeness (QED) is 0.0329. The lowest BCUT2D eigenvalue weighted by molar-refractivity contribution is -0.150. The lowest BCUT2D eigenvalue weighted by atomic mass is 9.84. The average Bonchev–Trinajstić information content (AvgIpc) is 1.57. The second-order valence-electron chi connectivity index (χ2n) is 38.6. The second kappa shape index (κ2) is 43.5. The Bertz CT molecular complexity index is 6950. The van der Waals surface area contributed by atoms with Crippen LogP contribution in [-0.2, 0) is 83.3 Å². The number of unbranched alkanes of at least 4 members (excludes halogenated alkanes) is 8. The van der Waals surface area contributed by atoms with E-state index < -0.39 is 0 Å². The van der Waals surface area contributed by atoms with Gasteiger partial charge in [-0.2, -0.15) is 0 Å². The van der Waals surface area contributed by atoms with Crippen LogP contribution in [0.4, 0.5) is 0 Å². The Balaban J connectivity index is 0.000000169. The highest BCUT2D eigenvalue weighted by Crippen LogP contribution is 2.48. The molecule has 18 nitrogen and oxygen atoms in total. The number of benzene rings is 11. The van der Waals surface area contributed by atoms with Gasteiger partial charge in [0.2, 0.25) is 11.9 Å². The summed E-state index contributed by atoms with van der Waals surface area (Å²) in [6.07, 6.45) is 17.0. The molecule has 0 unspecified atom stereocenters. The molecule has 4 aliphatic rings. The lowest BCUT2D eigenvalue weighted by Gasteiger charge is -2.40. The van der Waals surface area contributed by atoms with E-state index in [0.717, 1.165) is 316 Å². The maximum absolute atomic E-state index is 6.51. The van der Waals surface area contributed by atoms with Gasteiger partial charge in [0.05, 0.1) is 150 Å². The Morgan fingerprint density at radius 2 is 0.647 bits per heavy atom. The van der Waals surface area contributed by atoms with E-state index in [9.17, 15) is 0 Å². The third-order valence-corrected chi connectivity index (χ3v) is 31.2. The van der Waals surface area contributed by atoms with Crippen molar-refractivity contribution in [3.63, 3.8) is 0 Å². The fraction of sp³-hybridized carbons (Fsp3) is 0.414. The molecule has 17 aromatic rings. The van der Waals surface area contributed by atoms with Gasteiger partial charge in [-0.05, 0) is 203 Å². The van der Waals surface area contributed by atoms with Crippen molar-refractivity contribution < 1.29 is 56.8 Å². The minimum Gasteiger partial charge on any atom is -0.381 e. The lowest BCUT2D eigenvalue weighted by Crippen LogP contribution is -2.45. The molecular formula is C116H128N6O12S2. The first-order valence-electron chi connectivity index (χ1n) is 49.9. The van der Waals surface area contributed by atoms with Crippen molar-refractivity contribution in [2.75, 3.05) is 132 Å². The highest BCUT2D eigenvalue weighted by molar-refractivity contribution is 7.26. The zero-order chi connectivity index (χ0) is 92.1. The third kappa shape index (κ3) is 20.4. The minimum atomic E-state index is 0.232. The van der Waals surface area contributed by atoms with Crippen LogP contribution in [0.5, 0.6) is 0 Å². The molecule has 6 aromatic heterocycles. The smallest absolute Gasteiger partial charge is 0.235 e. The van der Waals surface area contributed by atoms with E-state index in [1.807, 2.05) is 22.7 Å². The largest absolute Gasteiger partial charge is 0.381 e.